The van der Waals surface area contributed by atoms with Crippen LogP contribution in [0.5, 0.6) is 17.4 Å². The molecular formula is C21H21F2N3O3. The van der Waals surface area contributed by atoms with Gasteiger partial charge >= 0.3 is 5.92 Å². The van der Waals surface area contributed by atoms with E-state index in [1.54, 1.807) is 19.4 Å². The van der Waals surface area contributed by atoms with Crippen LogP contribution in [0.3, 0.4) is 0 Å². The van der Waals surface area contributed by atoms with Crippen LogP contribution < -0.4 is 9.47 Å². The van der Waals surface area contributed by atoms with Crippen molar-refractivity contribution in [3.63, 3.8) is 0 Å². The molecule has 0 saturated carbocycles. The SMILES string of the molecule is COc1ccccc1-c1cccnc1Oc1ccc(C(F)(F)CN(C)OC)nc1. The van der Waals surface area contributed by atoms with E-state index in [9.17, 15) is 8.78 Å². The average molecular weight is 401 g/mol. The van der Waals surface area contributed by atoms with Crippen LogP contribution in [-0.4, -0.2) is 42.8 Å². The number of alkyl halides is 2. The number of halogens is 2. The number of pyridine rings is 2. The topological polar surface area (TPSA) is 56.7 Å². The van der Waals surface area contributed by atoms with Gasteiger partial charge in [-0.15, -0.1) is 0 Å². The molecule has 1 aromatic carbocycles. The van der Waals surface area contributed by atoms with Crippen LogP contribution in [0, 0.1) is 0 Å². The monoisotopic (exact) mass is 401 g/mol. The van der Waals surface area contributed by atoms with Crippen molar-refractivity contribution in [1.29, 1.82) is 0 Å². The highest BCUT2D eigenvalue weighted by molar-refractivity contribution is 5.74. The second kappa shape index (κ2) is 8.93. The molecule has 0 spiro atoms. The minimum atomic E-state index is -3.17. The van der Waals surface area contributed by atoms with Gasteiger partial charge in [-0.05, 0) is 30.3 Å². The molecule has 0 saturated heterocycles. The maximum Gasteiger partial charge on any atom is 0.304 e. The van der Waals surface area contributed by atoms with Crippen molar-refractivity contribution >= 4 is 0 Å². The number of para-hydroxylation sites is 1. The molecule has 0 bridgehead atoms. The fourth-order valence-corrected chi connectivity index (χ4v) is 2.74. The molecular weight excluding hydrogens is 380 g/mol. The van der Waals surface area contributed by atoms with Gasteiger partial charge in [0.15, 0.2) is 0 Å². The zero-order chi connectivity index (χ0) is 20.9. The van der Waals surface area contributed by atoms with Crippen molar-refractivity contribution in [2.75, 3.05) is 27.8 Å². The summed E-state index contributed by atoms with van der Waals surface area (Å²) < 4.78 is 39.8. The number of ether oxygens (including phenoxy) is 2. The van der Waals surface area contributed by atoms with Gasteiger partial charge in [-0.25, -0.2) is 4.98 Å². The summed E-state index contributed by atoms with van der Waals surface area (Å²) in [7, 11) is 4.33. The minimum absolute atomic E-state index is 0.291. The van der Waals surface area contributed by atoms with Crippen molar-refractivity contribution in [1.82, 2.24) is 15.0 Å². The number of rotatable bonds is 8. The zero-order valence-corrected chi connectivity index (χ0v) is 16.3. The molecule has 0 unspecified atom stereocenters. The second-order valence-electron chi connectivity index (χ2n) is 6.21. The maximum absolute atomic E-state index is 14.3. The minimum Gasteiger partial charge on any atom is -0.496 e. The molecule has 152 valence electrons. The molecule has 2 aromatic heterocycles. The Hall–Kier alpha value is -3.10. The summed E-state index contributed by atoms with van der Waals surface area (Å²) in [5.74, 6) is -1.89. The Labute approximate surface area is 167 Å². The van der Waals surface area contributed by atoms with Gasteiger partial charge < -0.3 is 14.3 Å². The van der Waals surface area contributed by atoms with Crippen molar-refractivity contribution < 1.29 is 23.1 Å². The molecule has 0 aliphatic rings. The van der Waals surface area contributed by atoms with Crippen LogP contribution in [0.1, 0.15) is 5.69 Å². The number of hydrogen-bond acceptors (Lipinski definition) is 6. The van der Waals surface area contributed by atoms with Crippen molar-refractivity contribution in [3.05, 3.63) is 66.6 Å². The molecule has 29 heavy (non-hydrogen) atoms. The van der Waals surface area contributed by atoms with E-state index in [0.717, 1.165) is 10.6 Å². The van der Waals surface area contributed by atoms with Crippen LogP contribution in [0.25, 0.3) is 11.1 Å². The van der Waals surface area contributed by atoms with Gasteiger partial charge in [-0.2, -0.15) is 13.8 Å². The number of benzene rings is 1. The van der Waals surface area contributed by atoms with Crippen molar-refractivity contribution in [2.24, 2.45) is 0 Å². The number of nitrogens with zero attached hydrogens (tertiary/aromatic N) is 3. The lowest BCUT2D eigenvalue weighted by molar-refractivity contribution is -0.167. The van der Waals surface area contributed by atoms with Gasteiger partial charge in [0, 0.05) is 24.4 Å². The van der Waals surface area contributed by atoms with Gasteiger partial charge in [-0.3, -0.25) is 4.98 Å². The molecule has 2 heterocycles. The number of likely N-dealkylation sites (N-methyl/N-ethyl adjacent to an activating group) is 1. The molecule has 6 nitrogen and oxygen atoms in total. The zero-order valence-electron chi connectivity index (χ0n) is 16.3. The summed E-state index contributed by atoms with van der Waals surface area (Å²) in [6.45, 7) is -0.616. The first-order valence-corrected chi connectivity index (χ1v) is 8.80. The molecule has 0 aliphatic heterocycles. The van der Waals surface area contributed by atoms with Crippen LogP contribution in [0.4, 0.5) is 8.78 Å². The number of hydroxylamine groups is 2. The Balaban J connectivity index is 1.85. The normalized spacial score (nSPS) is 11.5. The van der Waals surface area contributed by atoms with Crippen LogP contribution in [0.15, 0.2) is 60.9 Å². The van der Waals surface area contributed by atoms with Crippen molar-refractivity contribution in [3.8, 4) is 28.5 Å². The first kappa shape index (κ1) is 20.6. The number of hydrogen-bond donors (Lipinski definition) is 0. The number of methoxy groups -OCH3 is 1. The van der Waals surface area contributed by atoms with Gasteiger partial charge in [-0.1, -0.05) is 18.2 Å². The quantitative estimate of drug-likeness (QED) is 0.517. The van der Waals surface area contributed by atoms with Gasteiger partial charge in [0.2, 0.25) is 5.88 Å². The molecule has 0 amide bonds. The van der Waals surface area contributed by atoms with Gasteiger partial charge in [0.25, 0.3) is 0 Å². The lowest BCUT2D eigenvalue weighted by atomic mass is 10.1. The fourth-order valence-electron chi connectivity index (χ4n) is 2.74. The number of aromatic nitrogens is 2. The molecule has 0 atom stereocenters. The predicted octanol–water partition coefficient (Wildman–Crippen LogP) is 4.53. The standard InChI is InChI=1S/C21H21F2N3O3/c1-26(28-3)14-21(22,23)19-11-10-15(13-25-19)29-20-17(8-6-12-24-20)16-7-4-5-9-18(16)27-2/h4-13H,14H2,1-3H3. The fraction of sp³-hybridized carbons (Fsp3) is 0.238. The summed E-state index contributed by atoms with van der Waals surface area (Å²) in [6.07, 6.45) is 2.83. The summed E-state index contributed by atoms with van der Waals surface area (Å²) in [5.41, 5.74) is 1.14. The molecule has 0 N–H and O–H groups in total. The molecule has 3 rings (SSSR count). The van der Waals surface area contributed by atoms with E-state index in [1.807, 2.05) is 30.3 Å². The van der Waals surface area contributed by atoms with E-state index >= 15 is 0 Å². The van der Waals surface area contributed by atoms with Gasteiger partial charge in [0.1, 0.15) is 17.2 Å². The summed E-state index contributed by atoms with van der Waals surface area (Å²) in [4.78, 5) is 12.9. The Kier molecular flexibility index (Phi) is 6.36. The van der Waals surface area contributed by atoms with E-state index < -0.39 is 12.5 Å². The van der Waals surface area contributed by atoms with Crippen molar-refractivity contribution in [2.45, 2.75) is 5.92 Å². The van der Waals surface area contributed by atoms with Gasteiger partial charge in [0.05, 0.1) is 27.0 Å². The molecule has 0 radical (unpaired) electrons. The first-order chi connectivity index (χ1) is 13.9. The summed E-state index contributed by atoms with van der Waals surface area (Å²) in [6, 6.07) is 13.7. The average Bonchev–Trinajstić information content (AvgIpc) is 2.74. The molecule has 0 fully saturated rings. The summed E-state index contributed by atoms with van der Waals surface area (Å²) in [5, 5.41) is 1.04. The first-order valence-electron chi connectivity index (χ1n) is 8.80. The lowest BCUT2D eigenvalue weighted by Gasteiger charge is -2.21. The Morgan fingerprint density at radius 1 is 0.966 bits per heavy atom. The van der Waals surface area contributed by atoms with E-state index in [4.69, 9.17) is 14.3 Å². The van der Waals surface area contributed by atoms with Crippen LogP contribution in [0.2, 0.25) is 0 Å². The smallest absolute Gasteiger partial charge is 0.304 e. The van der Waals surface area contributed by atoms with E-state index in [2.05, 4.69) is 9.97 Å². The largest absolute Gasteiger partial charge is 0.496 e. The summed E-state index contributed by atoms with van der Waals surface area (Å²) >= 11 is 0. The molecule has 0 aliphatic carbocycles. The predicted molar refractivity (Wildman–Crippen MR) is 104 cm³/mol. The van der Waals surface area contributed by atoms with Crippen LogP contribution >= 0.6 is 0 Å². The third kappa shape index (κ3) is 4.85. The van der Waals surface area contributed by atoms with E-state index in [1.165, 1.54) is 32.5 Å². The van der Waals surface area contributed by atoms with Crippen LogP contribution in [-0.2, 0) is 10.8 Å². The highest BCUT2D eigenvalue weighted by Crippen LogP contribution is 2.37. The lowest BCUT2D eigenvalue weighted by Crippen LogP contribution is -2.32. The third-order valence-electron chi connectivity index (χ3n) is 4.23. The Morgan fingerprint density at radius 2 is 1.72 bits per heavy atom. The molecule has 8 heteroatoms. The second-order valence-corrected chi connectivity index (χ2v) is 6.21. The Bertz CT molecular complexity index is 952. The van der Waals surface area contributed by atoms with E-state index in [0.29, 0.717) is 22.9 Å². The molecule has 3 aromatic rings. The van der Waals surface area contributed by atoms with E-state index in [-0.39, 0.29) is 5.69 Å². The Morgan fingerprint density at radius 3 is 2.41 bits per heavy atom. The third-order valence-corrected chi connectivity index (χ3v) is 4.23. The maximum atomic E-state index is 14.3. The highest BCUT2D eigenvalue weighted by Gasteiger charge is 2.35. The highest BCUT2D eigenvalue weighted by atomic mass is 19.3.